The molecule has 2 aromatic heterocycles. The van der Waals surface area contributed by atoms with Crippen LogP contribution in [0.1, 0.15) is 30.6 Å². The topological polar surface area (TPSA) is 85.0 Å². The maximum Gasteiger partial charge on any atom is 0.208 e. The fraction of sp³-hybridized carbons (Fsp3) is 0.600. The van der Waals surface area contributed by atoms with Crippen molar-refractivity contribution >= 4 is 10.0 Å². The van der Waals surface area contributed by atoms with Crippen molar-refractivity contribution in [3.63, 3.8) is 0 Å². The number of sulfonamides is 1. The predicted octanol–water partition coefficient (Wildman–Crippen LogP) is 0.596. The highest BCUT2D eigenvalue weighted by molar-refractivity contribution is 7.88. The second-order valence-electron chi connectivity index (χ2n) is 6.25. The maximum absolute atomic E-state index is 11.3. The van der Waals surface area contributed by atoms with Gasteiger partial charge in [0.15, 0.2) is 0 Å². The molecule has 0 fully saturated rings. The van der Waals surface area contributed by atoms with Gasteiger partial charge in [0.2, 0.25) is 10.0 Å². The molecule has 0 aromatic carbocycles. The molecule has 3 heterocycles. The molecule has 9 heteroatoms. The molecule has 1 aliphatic heterocycles. The Morgan fingerprint density at radius 2 is 2.21 bits per heavy atom. The largest absolute Gasteiger partial charge is 0.291 e. The third-order valence-corrected chi connectivity index (χ3v) is 4.94. The number of fused-ring (bicyclic) bond motifs is 1. The Balaban J connectivity index is 1.66. The summed E-state index contributed by atoms with van der Waals surface area (Å²) in [4.78, 5) is 2.36. The van der Waals surface area contributed by atoms with Crippen molar-refractivity contribution in [2.45, 2.75) is 39.0 Å². The number of hydrogen-bond donors (Lipinski definition) is 1. The Bertz CT molecular complexity index is 781. The Morgan fingerprint density at radius 1 is 1.38 bits per heavy atom. The molecule has 2 aromatic rings. The van der Waals surface area contributed by atoms with E-state index in [4.69, 9.17) is 0 Å². The average molecular weight is 352 g/mol. The van der Waals surface area contributed by atoms with Crippen LogP contribution in [-0.2, 0) is 29.7 Å². The van der Waals surface area contributed by atoms with Crippen molar-refractivity contribution < 1.29 is 8.42 Å². The van der Waals surface area contributed by atoms with Crippen molar-refractivity contribution in [3.05, 3.63) is 35.9 Å². The zero-order chi connectivity index (χ0) is 17.2. The Labute approximate surface area is 142 Å². The summed E-state index contributed by atoms with van der Waals surface area (Å²) in [5.41, 5.74) is 2.35. The summed E-state index contributed by atoms with van der Waals surface area (Å²) in [6.07, 6.45) is 7.70. The van der Waals surface area contributed by atoms with E-state index < -0.39 is 10.0 Å². The smallest absolute Gasteiger partial charge is 0.208 e. The lowest BCUT2D eigenvalue weighted by Gasteiger charge is -2.33. The highest BCUT2D eigenvalue weighted by Crippen LogP contribution is 2.24. The standard InChI is InChI=1S/C15H24N6O2S/c1-3-20-10-13(8-17-20)9-19-11-14-4-6-16-21(14)15(12-19)5-7-18-24(2,22)23/h4,6,8,10,15,18H,3,5,7,9,11-12H2,1-2H3. The van der Waals surface area contributed by atoms with Crippen molar-refractivity contribution in [2.24, 2.45) is 0 Å². The third kappa shape index (κ3) is 4.22. The molecule has 1 unspecified atom stereocenters. The normalized spacial score (nSPS) is 18.7. The fourth-order valence-corrected chi connectivity index (χ4v) is 3.62. The molecule has 0 radical (unpaired) electrons. The number of aryl methyl sites for hydroxylation is 1. The van der Waals surface area contributed by atoms with Crippen LogP contribution in [0.25, 0.3) is 0 Å². The van der Waals surface area contributed by atoms with E-state index in [1.807, 2.05) is 27.8 Å². The van der Waals surface area contributed by atoms with Crippen molar-refractivity contribution in [3.8, 4) is 0 Å². The van der Waals surface area contributed by atoms with Gasteiger partial charge in [-0.25, -0.2) is 13.1 Å². The second-order valence-corrected chi connectivity index (χ2v) is 8.08. The van der Waals surface area contributed by atoms with Crippen LogP contribution in [0.3, 0.4) is 0 Å². The number of hydrogen-bond acceptors (Lipinski definition) is 5. The molecule has 0 saturated heterocycles. The van der Waals surface area contributed by atoms with Crippen LogP contribution in [0.4, 0.5) is 0 Å². The molecule has 1 N–H and O–H groups in total. The van der Waals surface area contributed by atoms with Crippen LogP contribution in [0, 0.1) is 0 Å². The average Bonchev–Trinajstić information content (AvgIpc) is 3.14. The van der Waals surface area contributed by atoms with E-state index in [0.717, 1.165) is 31.9 Å². The first-order valence-electron chi connectivity index (χ1n) is 8.15. The lowest BCUT2D eigenvalue weighted by molar-refractivity contribution is 0.162. The highest BCUT2D eigenvalue weighted by Gasteiger charge is 2.25. The first-order valence-corrected chi connectivity index (χ1v) is 10.0. The number of rotatable bonds is 7. The molecule has 0 aliphatic carbocycles. The highest BCUT2D eigenvalue weighted by atomic mass is 32.2. The minimum absolute atomic E-state index is 0.166. The molecule has 0 saturated carbocycles. The molecular weight excluding hydrogens is 328 g/mol. The van der Waals surface area contributed by atoms with Crippen molar-refractivity contribution in [1.29, 1.82) is 0 Å². The van der Waals surface area contributed by atoms with Crippen LogP contribution >= 0.6 is 0 Å². The SMILES string of the molecule is CCn1cc(CN2Cc3ccnn3C(CCNS(C)(=O)=O)C2)cn1. The summed E-state index contributed by atoms with van der Waals surface area (Å²) in [7, 11) is -3.16. The summed E-state index contributed by atoms with van der Waals surface area (Å²) in [5.74, 6) is 0. The molecule has 0 bridgehead atoms. The maximum atomic E-state index is 11.3. The van der Waals surface area contributed by atoms with Crippen molar-refractivity contribution in [2.75, 3.05) is 19.3 Å². The van der Waals surface area contributed by atoms with E-state index >= 15 is 0 Å². The predicted molar refractivity (Wildman–Crippen MR) is 90.7 cm³/mol. The minimum Gasteiger partial charge on any atom is -0.291 e. The van der Waals surface area contributed by atoms with Gasteiger partial charge < -0.3 is 0 Å². The summed E-state index contributed by atoms with van der Waals surface area (Å²) >= 11 is 0. The molecule has 0 spiro atoms. The van der Waals surface area contributed by atoms with Gasteiger partial charge in [-0.2, -0.15) is 10.2 Å². The zero-order valence-corrected chi connectivity index (χ0v) is 14.9. The molecule has 0 amide bonds. The number of nitrogens with zero attached hydrogens (tertiary/aromatic N) is 5. The summed E-state index contributed by atoms with van der Waals surface area (Å²) < 4.78 is 29.0. The molecule has 1 aliphatic rings. The molecule has 132 valence electrons. The summed E-state index contributed by atoms with van der Waals surface area (Å²) in [6, 6.07) is 2.19. The van der Waals surface area contributed by atoms with E-state index in [0.29, 0.717) is 13.0 Å². The van der Waals surface area contributed by atoms with Gasteiger partial charge in [0.25, 0.3) is 0 Å². The van der Waals surface area contributed by atoms with Gasteiger partial charge in [-0.05, 0) is 19.4 Å². The lowest BCUT2D eigenvalue weighted by atomic mass is 10.1. The van der Waals surface area contributed by atoms with E-state index in [2.05, 4.69) is 32.9 Å². The van der Waals surface area contributed by atoms with E-state index in [9.17, 15) is 8.42 Å². The number of aromatic nitrogens is 4. The van der Waals surface area contributed by atoms with Gasteiger partial charge in [0.1, 0.15) is 0 Å². The lowest BCUT2D eigenvalue weighted by Crippen LogP contribution is -2.38. The summed E-state index contributed by atoms with van der Waals surface area (Å²) in [6.45, 7) is 5.88. The molecule has 8 nitrogen and oxygen atoms in total. The molecule has 24 heavy (non-hydrogen) atoms. The Hall–Kier alpha value is -1.71. The van der Waals surface area contributed by atoms with Gasteiger partial charge in [-0.1, -0.05) is 0 Å². The molecular formula is C15H24N6O2S. The molecule has 1 atom stereocenters. The van der Waals surface area contributed by atoms with Gasteiger partial charge in [-0.15, -0.1) is 0 Å². The van der Waals surface area contributed by atoms with Crippen LogP contribution in [-0.4, -0.2) is 52.2 Å². The van der Waals surface area contributed by atoms with Gasteiger partial charge in [0.05, 0.1) is 24.2 Å². The van der Waals surface area contributed by atoms with Crippen LogP contribution in [0.5, 0.6) is 0 Å². The third-order valence-electron chi connectivity index (χ3n) is 4.21. The van der Waals surface area contributed by atoms with Crippen molar-refractivity contribution in [1.82, 2.24) is 29.2 Å². The van der Waals surface area contributed by atoms with Crippen LogP contribution in [0.15, 0.2) is 24.7 Å². The number of nitrogens with one attached hydrogen (secondary N) is 1. The van der Waals surface area contributed by atoms with Crippen LogP contribution < -0.4 is 4.72 Å². The van der Waals surface area contributed by atoms with E-state index in [1.165, 1.54) is 11.8 Å². The van der Waals surface area contributed by atoms with E-state index in [1.54, 1.807) is 0 Å². The first kappa shape index (κ1) is 17.1. The monoisotopic (exact) mass is 352 g/mol. The van der Waals surface area contributed by atoms with Gasteiger partial charge in [-0.3, -0.25) is 14.3 Å². The summed E-state index contributed by atoms with van der Waals surface area (Å²) in [5, 5.41) is 8.73. The molecule has 3 rings (SSSR count). The van der Waals surface area contributed by atoms with E-state index in [-0.39, 0.29) is 6.04 Å². The Morgan fingerprint density at radius 3 is 2.92 bits per heavy atom. The first-order chi connectivity index (χ1) is 11.4. The minimum atomic E-state index is -3.16. The second kappa shape index (κ2) is 7.04. The van der Waals surface area contributed by atoms with Gasteiger partial charge >= 0.3 is 0 Å². The fourth-order valence-electron chi connectivity index (χ4n) is 3.13. The van der Waals surface area contributed by atoms with Crippen LogP contribution in [0.2, 0.25) is 0 Å². The Kier molecular flexibility index (Phi) is 5.02. The quantitative estimate of drug-likeness (QED) is 0.789. The zero-order valence-electron chi connectivity index (χ0n) is 14.1. The van der Waals surface area contributed by atoms with Gasteiger partial charge in [0, 0.05) is 50.7 Å².